The van der Waals surface area contributed by atoms with Crippen molar-refractivity contribution in [3.8, 4) is 5.75 Å². The zero-order chi connectivity index (χ0) is 12.5. The number of halogens is 1. The maximum atomic E-state index is 13.6. The molecule has 2 rings (SSSR count). The predicted molar refractivity (Wildman–Crippen MR) is 60.2 cm³/mol. The second-order valence-electron chi connectivity index (χ2n) is 4.14. The largest absolute Gasteiger partial charge is 0.494 e. The molecule has 0 saturated carbocycles. The van der Waals surface area contributed by atoms with Gasteiger partial charge in [-0.05, 0) is 24.6 Å². The molecule has 1 aliphatic rings. The molecule has 0 aromatic heterocycles. The number of carbonyl (C=O) groups is 1. The minimum atomic E-state index is -0.807. The molecule has 4 heteroatoms. The summed E-state index contributed by atoms with van der Waals surface area (Å²) in [6.45, 7) is 1.76. The smallest absolute Gasteiger partial charge is 0.165 e. The van der Waals surface area contributed by atoms with Crippen LogP contribution in [0.4, 0.5) is 4.39 Å². The maximum Gasteiger partial charge on any atom is 0.165 e. The summed E-state index contributed by atoms with van der Waals surface area (Å²) in [5.41, 5.74) is -0.188. The summed E-state index contributed by atoms with van der Waals surface area (Å²) in [5.74, 6) is -0.318. The van der Waals surface area contributed by atoms with Crippen LogP contribution in [0.3, 0.4) is 0 Å². The van der Waals surface area contributed by atoms with Gasteiger partial charge in [-0.2, -0.15) is 0 Å². The first-order chi connectivity index (χ1) is 8.05. The number of allylic oxidation sites excluding steroid dienone is 1. The molecule has 1 aromatic carbocycles. The number of hydrogen-bond donors (Lipinski definition) is 0. The van der Waals surface area contributed by atoms with Crippen molar-refractivity contribution < 1.29 is 18.7 Å². The topological polar surface area (TPSA) is 35.5 Å². The van der Waals surface area contributed by atoms with Gasteiger partial charge in [0.1, 0.15) is 5.60 Å². The summed E-state index contributed by atoms with van der Waals surface area (Å²) in [6, 6.07) is 4.57. The van der Waals surface area contributed by atoms with Gasteiger partial charge in [-0.1, -0.05) is 6.07 Å². The highest BCUT2D eigenvalue weighted by molar-refractivity contribution is 5.91. The molecule has 0 bridgehead atoms. The van der Waals surface area contributed by atoms with E-state index in [4.69, 9.17) is 9.47 Å². The number of benzene rings is 1. The molecule has 3 nitrogen and oxygen atoms in total. The molecule has 1 aromatic rings. The summed E-state index contributed by atoms with van der Waals surface area (Å²) in [7, 11) is 1.41. The van der Waals surface area contributed by atoms with Gasteiger partial charge in [0, 0.05) is 6.08 Å². The third-order valence-electron chi connectivity index (χ3n) is 2.86. The third kappa shape index (κ3) is 2.16. The maximum absolute atomic E-state index is 13.6. The Kier molecular flexibility index (Phi) is 2.88. The van der Waals surface area contributed by atoms with Crippen LogP contribution >= 0.6 is 0 Å². The van der Waals surface area contributed by atoms with Gasteiger partial charge in [-0.15, -0.1) is 0 Å². The molecule has 17 heavy (non-hydrogen) atoms. The molecular formula is C13H13FO3. The molecule has 0 radical (unpaired) electrons. The van der Waals surface area contributed by atoms with Crippen LogP contribution in [0.2, 0.25) is 0 Å². The minimum absolute atomic E-state index is 0.0324. The molecule has 0 fully saturated rings. The van der Waals surface area contributed by atoms with E-state index < -0.39 is 11.4 Å². The van der Waals surface area contributed by atoms with E-state index in [0.29, 0.717) is 5.56 Å². The SMILES string of the molecule is COc1ccc(C2(C)CC(=O)C=CO2)cc1F. The van der Waals surface area contributed by atoms with Crippen molar-refractivity contribution in [2.24, 2.45) is 0 Å². The summed E-state index contributed by atoms with van der Waals surface area (Å²) in [5, 5.41) is 0. The molecule has 0 amide bonds. The van der Waals surface area contributed by atoms with Crippen LogP contribution in [-0.4, -0.2) is 12.9 Å². The van der Waals surface area contributed by atoms with E-state index in [1.165, 1.54) is 31.6 Å². The Morgan fingerprint density at radius 2 is 2.24 bits per heavy atom. The summed E-state index contributed by atoms with van der Waals surface area (Å²) in [4.78, 5) is 11.4. The first-order valence-corrected chi connectivity index (χ1v) is 5.26. The fraction of sp³-hybridized carbons (Fsp3) is 0.308. The lowest BCUT2D eigenvalue weighted by atomic mass is 9.89. The van der Waals surface area contributed by atoms with Gasteiger partial charge in [-0.3, -0.25) is 4.79 Å². The predicted octanol–water partition coefficient (Wildman–Crippen LogP) is 2.55. The zero-order valence-corrected chi connectivity index (χ0v) is 9.70. The first-order valence-electron chi connectivity index (χ1n) is 5.26. The van der Waals surface area contributed by atoms with Crippen molar-refractivity contribution in [3.05, 3.63) is 41.9 Å². The lowest BCUT2D eigenvalue weighted by Crippen LogP contribution is -2.29. The molecule has 1 unspecified atom stereocenters. The van der Waals surface area contributed by atoms with Gasteiger partial charge in [0.2, 0.25) is 0 Å². The quantitative estimate of drug-likeness (QED) is 0.791. The molecule has 1 atom stereocenters. The van der Waals surface area contributed by atoms with E-state index in [2.05, 4.69) is 0 Å². The second kappa shape index (κ2) is 4.20. The Bertz CT molecular complexity index is 482. The van der Waals surface area contributed by atoms with E-state index in [1.807, 2.05) is 0 Å². The van der Waals surface area contributed by atoms with Crippen molar-refractivity contribution in [1.82, 2.24) is 0 Å². The van der Waals surface area contributed by atoms with E-state index in [0.717, 1.165) is 0 Å². The van der Waals surface area contributed by atoms with Gasteiger partial charge in [0.05, 0.1) is 19.8 Å². The Hall–Kier alpha value is -1.84. The summed E-state index contributed by atoms with van der Waals surface area (Å²) < 4.78 is 23.9. The van der Waals surface area contributed by atoms with Crippen molar-refractivity contribution in [2.45, 2.75) is 18.9 Å². The monoisotopic (exact) mass is 236 g/mol. The standard InChI is InChI=1S/C13H13FO3/c1-13(8-10(15)5-6-17-13)9-3-4-12(16-2)11(14)7-9/h3-7H,8H2,1-2H3. The molecule has 1 heterocycles. The Balaban J connectivity index is 2.37. The van der Waals surface area contributed by atoms with Crippen LogP contribution in [0.1, 0.15) is 18.9 Å². The molecule has 0 N–H and O–H groups in total. The Morgan fingerprint density at radius 1 is 1.47 bits per heavy atom. The van der Waals surface area contributed by atoms with Crippen molar-refractivity contribution in [3.63, 3.8) is 0 Å². The number of hydrogen-bond acceptors (Lipinski definition) is 3. The van der Waals surface area contributed by atoms with Crippen LogP contribution < -0.4 is 4.74 Å². The van der Waals surface area contributed by atoms with Gasteiger partial charge in [0.15, 0.2) is 17.3 Å². The number of rotatable bonds is 2. The van der Waals surface area contributed by atoms with Crippen molar-refractivity contribution >= 4 is 5.78 Å². The molecule has 1 aliphatic heterocycles. The fourth-order valence-corrected chi connectivity index (χ4v) is 1.86. The van der Waals surface area contributed by atoms with Crippen LogP contribution in [0, 0.1) is 5.82 Å². The summed E-state index contributed by atoms with van der Waals surface area (Å²) in [6.07, 6.45) is 2.94. The number of ketones is 1. The molecular weight excluding hydrogens is 223 g/mol. The van der Waals surface area contributed by atoms with E-state index in [9.17, 15) is 9.18 Å². The van der Waals surface area contributed by atoms with Gasteiger partial charge < -0.3 is 9.47 Å². The molecule has 90 valence electrons. The highest BCUT2D eigenvalue weighted by Crippen LogP contribution is 2.34. The average molecular weight is 236 g/mol. The highest BCUT2D eigenvalue weighted by atomic mass is 19.1. The van der Waals surface area contributed by atoms with E-state index in [-0.39, 0.29) is 18.0 Å². The lowest BCUT2D eigenvalue weighted by Gasteiger charge is -2.31. The van der Waals surface area contributed by atoms with Crippen molar-refractivity contribution in [2.75, 3.05) is 7.11 Å². The van der Waals surface area contributed by atoms with Gasteiger partial charge >= 0.3 is 0 Å². The average Bonchev–Trinajstić information content (AvgIpc) is 2.28. The van der Waals surface area contributed by atoms with E-state index >= 15 is 0 Å². The van der Waals surface area contributed by atoms with Gasteiger partial charge in [-0.25, -0.2) is 4.39 Å². The first kappa shape index (κ1) is 11.6. The third-order valence-corrected chi connectivity index (χ3v) is 2.86. The van der Waals surface area contributed by atoms with Crippen LogP contribution in [0.25, 0.3) is 0 Å². The summed E-state index contributed by atoms with van der Waals surface area (Å²) >= 11 is 0. The van der Waals surface area contributed by atoms with Crippen LogP contribution in [0.5, 0.6) is 5.75 Å². The Labute approximate surface area is 98.8 Å². The molecule has 0 spiro atoms. The molecule has 0 saturated heterocycles. The van der Waals surface area contributed by atoms with Crippen molar-refractivity contribution in [1.29, 1.82) is 0 Å². The van der Waals surface area contributed by atoms with Gasteiger partial charge in [0.25, 0.3) is 0 Å². The normalized spacial score (nSPS) is 23.4. The number of ether oxygens (including phenoxy) is 2. The van der Waals surface area contributed by atoms with Crippen LogP contribution in [0.15, 0.2) is 30.5 Å². The lowest BCUT2D eigenvalue weighted by molar-refractivity contribution is -0.122. The number of methoxy groups -OCH3 is 1. The van der Waals surface area contributed by atoms with Crippen LogP contribution in [-0.2, 0) is 15.1 Å². The fourth-order valence-electron chi connectivity index (χ4n) is 1.86. The number of carbonyl (C=O) groups excluding carboxylic acids is 1. The Morgan fingerprint density at radius 3 is 2.82 bits per heavy atom. The highest BCUT2D eigenvalue weighted by Gasteiger charge is 2.33. The zero-order valence-electron chi connectivity index (χ0n) is 9.70. The molecule has 0 aliphatic carbocycles. The second-order valence-corrected chi connectivity index (χ2v) is 4.14. The van der Waals surface area contributed by atoms with E-state index in [1.54, 1.807) is 13.0 Å². The minimum Gasteiger partial charge on any atom is -0.494 e.